The number of rotatable bonds is 5. The van der Waals surface area contributed by atoms with Crippen LogP contribution in [0.15, 0.2) is 21.1 Å². The summed E-state index contributed by atoms with van der Waals surface area (Å²) in [5, 5.41) is 9.55. The predicted octanol–water partition coefficient (Wildman–Crippen LogP) is 3.80. The molecule has 0 unspecified atom stereocenters. The zero-order valence-corrected chi connectivity index (χ0v) is 12.7. The van der Waals surface area contributed by atoms with Crippen molar-refractivity contribution in [2.75, 3.05) is 7.11 Å². The fourth-order valence-electron chi connectivity index (χ4n) is 1.46. The van der Waals surface area contributed by atoms with Crippen LogP contribution in [0.5, 0.6) is 5.75 Å². The number of phenols is 1. The normalized spacial score (nSPS) is 10.3. The van der Waals surface area contributed by atoms with Crippen molar-refractivity contribution in [1.29, 1.82) is 0 Å². The molecule has 0 amide bonds. The van der Waals surface area contributed by atoms with Crippen molar-refractivity contribution in [3.05, 3.63) is 26.6 Å². The van der Waals surface area contributed by atoms with E-state index in [0.717, 1.165) is 24.8 Å². The lowest BCUT2D eigenvalue weighted by atomic mass is 10.1. The Labute approximate surface area is 117 Å². The van der Waals surface area contributed by atoms with E-state index < -0.39 is 0 Å². The molecule has 0 aliphatic carbocycles. The highest BCUT2D eigenvalue weighted by molar-refractivity contribution is 9.11. The first-order valence-electron chi connectivity index (χ1n) is 5.28. The third-order valence-corrected chi connectivity index (χ3v) is 3.61. The number of hydrogen-bond donors (Lipinski definition) is 1. The van der Waals surface area contributed by atoms with Gasteiger partial charge in [0.2, 0.25) is 0 Å². The zero-order valence-electron chi connectivity index (χ0n) is 9.50. The number of unbranched alkanes of at least 4 members (excludes halogenated alkanes) is 1. The second kappa shape index (κ2) is 7.01. The summed E-state index contributed by atoms with van der Waals surface area (Å²) in [6.45, 7) is 0. The lowest BCUT2D eigenvalue weighted by molar-refractivity contribution is -0.140. The van der Waals surface area contributed by atoms with Crippen molar-refractivity contribution in [3.8, 4) is 5.75 Å². The minimum atomic E-state index is -0.168. The molecule has 0 saturated carbocycles. The van der Waals surface area contributed by atoms with E-state index in [1.165, 1.54) is 7.11 Å². The van der Waals surface area contributed by atoms with E-state index in [4.69, 9.17) is 0 Å². The van der Waals surface area contributed by atoms with Crippen LogP contribution in [-0.2, 0) is 16.0 Å². The molecule has 0 radical (unpaired) electrons. The van der Waals surface area contributed by atoms with Crippen LogP contribution < -0.4 is 0 Å². The molecular formula is C12H14Br2O3. The first-order chi connectivity index (χ1) is 8.04. The van der Waals surface area contributed by atoms with Crippen LogP contribution in [0.25, 0.3) is 0 Å². The number of methoxy groups -OCH3 is 1. The minimum absolute atomic E-state index is 0.168. The Morgan fingerprint density at radius 1 is 1.29 bits per heavy atom. The standard InChI is InChI=1S/C12H14Br2O3/c1-17-11(15)5-3-2-4-8-6-9(13)12(16)10(14)7-8/h6-7,16H,2-5H2,1H3. The summed E-state index contributed by atoms with van der Waals surface area (Å²) in [6, 6.07) is 3.77. The molecule has 1 aromatic carbocycles. The third-order valence-electron chi connectivity index (χ3n) is 2.40. The molecule has 0 heterocycles. The summed E-state index contributed by atoms with van der Waals surface area (Å²) in [5.74, 6) is 0.0429. The molecule has 0 aliphatic heterocycles. The smallest absolute Gasteiger partial charge is 0.305 e. The first kappa shape index (κ1) is 14.5. The molecule has 0 aromatic heterocycles. The van der Waals surface area contributed by atoms with Crippen molar-refractivity contribution in [1.82, 2.24) is 0 Å². The number of phenolic OH excluding ortho intramolecular Hbond substituents is 1. The van der Waals surface area contributed by atoms with Crippen molar-refractivity contribution < 1.29 is 14.6 Å². The molecule has 17 heavy (non-hydrogen) atoms. The van der Waals surface area contributed by atoms with Gasteiger partial charge in [0.1, 0.15) is 5.75 Å². The van der Waals surface area contributed by atoms with Gasteiger partial charge in [-0.25, -0.2) is 0 Å². The van der Waals surface area contributed by atoms with Crippen LogP contribution in [0.2, 0.25) is 0 Å². The molecule has 3 nitrogen and oxygen atoms in total. The Hall–Kier alpha value is -0.550. The summed E-state index contributed by atoms with van der Waals surface area (Å²) in [4.78, 5) is 10.9. The van der Waals surface area contributed by atoms with E-state index in [9.17, 15) is 9.90 Å². The van der Waals surface area contributed by atoms with Crippen molar-refractivity contribution in [2.24, 2.45) is 0 Å². The average Bonchev–Trinajstić information content (AvgIpc) is 2.31. The summed E-state index contributed by atoms with van der Waals surface area (Å²) >= 11 is 6.57. The van der Waals surface area contributed by atoms with Crippen LogP contribution >= 0.6 is 31.9 Å². The summed E-state index contributed by atoms with van der Waals surface area (Å²) in [7, 11) is 1.40. The zero-order chi connectivity index (χ0) is 12.8. The van der Waals surface area contributed by atoms with Crippen LogP contribution in [0, 0.1) is 0 Å². The van der Waals surface area contributed by atoms with E-state index >= 15 is 0 Å². The van der Waals surface area contributed by atoms with Crippen LogP contribution in [0.1, 0.15) is 24.8 Å². The maximum atomic E-state index is 10.9. The molecule has 0 aliphatic rings. The lowest BCUT2D eigenvalue weighted by Crippen LogP contribution is -1.99. The van der Waals surface area contributed by atoms with Gasteiger partial charge in [-0.1, -0.05) is 0 Å². The van der Waals surface area contributed by atoms with Gasteiger partial charge in [-0.15, -0.1) is 0 Å². The Bertz CT molecular complexity index is 382. The Morgan fingerprint density at radius 2 is 1.88 bits per heavy atom. The molecule has 94 valence electrons. The number of hydrogen-bond acceptors (Lipinski definition) is 3. The van der Waals surface area contributed by atoms with Gasteiger partial charge in [0.15, 0.2) is 0 Å². The van der Waals surface area contributed by atoms with Crippen LogP contribution in [0.3, 0.4) is 0 Å². The molecule has 0 atom stereocenters. The minimum Gasteiger partial charge on any atom is -0.506 e. The highest BCUT2D eigenvalue weighted by atomic mass is 79.9. The molecule has 0 saturated heterocycles. The van der Waals surface area contributed by atoms with Gasteiger partial charge >= 0.3 is 5.97 Å². The molecule has 0 fully saturated rings. The number of aryl methyl sites for hydroxylation is 1. The van der Waals surface area contributed by atoms with E-state index in [0.29, 0.717) is 15.4 Å². The first-order valence-corrected chi connectivity index (χ1v) is 6.87. The third kappa shape index (κ3) is 4.68. The summed E-state index contributed by atoms with van der Waals surface area (Å²) in [6.07, 6.45) is 3.05. The monoisotopic (exact) mass is 364 g/mol. The molecule has 5 heteroatoms. The van der Waals surface area contributed by atoms with Gasteiger partial charge in [-0.05, 0) is 68.8 Å². The van der Waals surface area contributed by atoms with E-state index in [-0.39, 0.29) is 11.7 Å². The van der Waals surface area contributed by atoms with Crippen molar-refractivity contribution in [2.45, 2.75) is 25.7 Å². The maximum absolute atomic E-state index is 10.9. The largest absolute Gasteiger partial charge is 0.506 e. The van der Waals surface area contributed by atoms with Crippen molar-refractivity contribution >= 4 is 37.8 Å². The second-order valence-corrected chi connectivity index (χ2v) is 5.40. The Kier molecular flexibility index (Phi) is 5.98. The molecule has 0 bridgehead atoms. The van der Waals surface area contributed by atoms with Crippen molar-refractivity contribution in [3.63, 3.8) is 0 Å². The molecule has 1 aromatic rings. The fraction of sp³-hybridized carbons (Fsp3) is 0.417. The summed E-state index contributed by atoms with van der Waals surface area (Å²) < 4.78 is 5.92. The van der Waals surface area contributed by atoms with Gasteiger partial charge in [0.05, 0.1) is 16.1 Å². The number of ether oxygens (including phenoxy) is 1. The van der Waals surface area contributed by atoms with Gasteiger partial charge in [-0.2, -0.15) is 0 Å². The number of carbonyl (C=O) groups excluding carboxylic acids is 1. The predicted molar refractivity (Wildman–Crippen MR) is 73.1 cm³/mol. The second-order valence-electron chi connectivity index (χ2n) is 3.69. The Morgan fingerprint density at radius 3 is 2.41 bits per heavy atom. The summed E-state index contributed by atoms with van der Waals surface area (Å²) in [5.41, 5.74) is 1.12. The average molecular weight is 366 g/mol. The van der Waals surface area contributed by atoms with E-state index in [1.54, 1.807) is 0 Å². The topological polar surface area (TPSA) is 46.5 Å². The van der Waals surface area contributed by atoms with E-state index in [1.807, 2.05) is 12.1 Å². The maximum Gasteiger partial charge on any atom is 0.305 e. The van der Waals surface area contributed by atoms with Gasteiger partial charge in [0.25, 0.3) is 0 Å². The highest BCUT2D eigenvalue weighted by Crippen LogP contribution is 2.33. The number of halogens is 2. The van der Waals surface area contributed by atoms with E-state index in [2.05, 4.69) is 36.6 Å². The van der Waals surface area contributed by atoms with Gasteiger partial charge < -0.3 is 9.84 Å². The number of aromatic hydroxyl groups is 1. The number of benzene rings is 1. The van der Waals surface area contributed by atoms with Crippen LogP contribution in [-0.4, -0.2) is 18.2 Å². The van der Waals surface area contributed by atoms with Gasteiger partial charge in [0, 0.05) is 6.42 Å². The fourth-order valence-corrected chi connectivity index (χ4v) is 2.74. The molecule has 0 spiro atoms. The quantitative estimate of drug-likeness (QED) is 0.637. The van der Waals surface area contributed by atoms with Gasteiger partial charge in [-0.3, -0.25) is 4.79 Å². The SMILES string of the molecule is COC(=O)CCCCc1cc(Br)c(O)c(Br)c1. The molecular weight excluding hydrogens is 352 g/mol. The Balaban J connectivity index is 2.45. The van der Waals surface area contributed by atoms with Crippen LogP contribution in [0.4, 0.5) is 0 Å². The highest BCUT2D eigenvalue weighted by Gasteiger charge is 2.06. The number of carbonyl (C=O) groups is 1. The molecule has 1 N–H and O–H groups in total. The molecule has 1 rings (SSSR count). The lowest BCUT2D eigenvalue weighted by Gasteiger charge is -2.06. The number of esters is 1.